The molecule has 4 heteroatoms. The minimum absolute atomic E-state index is 0.167. The van der Waals surface area contributed by atoms with E-state index in [1.54, 1.807) is 0 Å². The lowest BCUT2D eigenvalue weighted by atomic mass is 9.89. The zero-order valence-electron chi connectivity index (χ0n) is 14.2. The first kappa shape index (κ1) is 16.5. The van der Waals surface area contributed by atoms with E-state index in [0.717, 1.165) is 26.1 Å². The van der Waals surface area contributed by atoms with Gasteiger partial charge >= 0.3 is 0 Å². The molecule has 1 atom stereocenters. The molecule has 0 saturated carbocycles. The van der Waals surface area contributed by atoms with Crippen LogP contribution in [-0.2, 0) is 17.9 Å². The highest BCUT2D eigenvalue weighted by atomic mass is 16.2. The van der Waals surface area contributed by atoms with Crippen molar-refractivity contribution in [1.29, 1.82) is 0 Å². The van der Waals surface area contributed by atoms with E-state index in [9.17, 15) is 4.79 Å². The van der Waals surface area contributed by atoms with E-state index in [0.29, 0.717) is 6.54 Å². The van der Waals surface area contributed by atoms with Crippen LogP contribution < -0.4 is 10.6 Å². The molecular formula is C19H29N3O. The van der Waals surface area contributed by atoms with E-state index in [2.05, 4.69) is 39.8 Å². The highest BCUT2D eigenvalue weighted by Gasteiger charge is 2.35. The van der Waals surface area contributed by atoms with Crippen molar-refractivity contribution in [1.82, 2.24) is 15.5 Å². The summed E-state index contributed by atoms with van der Waals surface area (Å²) in [5.74, 6) is 0.167. The van der Waals surface area contributed by atoms with E-state index in [1.807, 2.05) is 6.92 Å². The summed E-state index contributed by atoms with van der Waals surface area (Å²) in [6.45, 7) is 7.90. The molecule has 2 aliphatic heterocycles. The molecule has 0 aromatic heterocycles. The lowest BCUT2D eigenvalue weighted by Gasteiger charge is -2.26. The van der Waals surface area contributed by atoms with Crippen molar-refractivity contribution in [2.75, 3.05) is 26.2 Å². The molecule has 0 bridgehead atoms. The fourth-order valence-corrected chi connectivity index (χ4v) is 3.54. The largest absolute Gasteiger partial charge is 0.352 e. The number of carbonyl (C=O) groups excluding carboxylic acids is 1. The second-order valence-electron chi connectivity index (χ2n) is 7.32. The van der Waals surface area contributed by atoms with Crippen LogP contribution in [0.15, 0.2) is 24.3 Å². The third-order valence-corrected chi connectivity index (χ3v) is 5.25. The second kappa shape index (κ2) is 7.45. The van der Waals surface area contributed by atoms with Crippen LogP contribution in [0.4, 0.5) is 0 Å². The zero-order chi connectivity index (χ0) is 16.1. The number of benzene rings is 1. The predicted octanol–water partition coefficient (Wildman–Crippen LogP) is 2.29. The van der Waals surface area contributed by atoms with Crippen LogP contribution in [0, 0.1) is 5.41 Å². The first-order valence-electron chi connectivity index (χ1n) is 8.95. The summed E-state index contributed by atoms with van der Waals surface area (Å²) in [5.41, 5.74) is 2.30. The van der Waals surface area contributed by atoms with Crippen LogP contribution in [0.5, 0.6) is 0 Å². The lowest BCUT2D eigenvalue weighted by molar-refractivity contribution is -0.129. The summed E-state index contributed by atoms with van der Waals surface area (Å²) in [6.07, 6.45) is 4.96. The van der Waals surface area contributed by atoms with Gasteiger partial charge in [0.2, 0.25) is 5.91 Å². The SMILES string of the molecule is CC1(C(=O)NCc2ccc(CN3CCCCC3)cc2)CCNC1. The van der Waals surface area contributed by atoms with Crippen molar-refractivity contribution < 1.29 is 4.79 Å². The molecule has 1 amide bonds. The molecule has 3 rings (SSSR count). The highest BCUT2D eigenvalue weighted by Crippen LogP contribution is 2.24. The molecule has 0 radical (unpaired) electrons. The molecular weight excluding hydrogens is 286 g/mol. The average molecular weight is 315 g/mol. The van der Waals surface area contributed by atoms with Gasteiger partial charge in [-0.3, -0.25) is 9.69 Å². The summed E-state index contributed by atoms with van der Waals surface area (Å²) >= 11 is 0. The van der Waals surface area contributed by atoms with Crippen molar-refractivity contribution in [2.45, 2.75) is 45.7 Å². The topological polar surface area (TPSA) is 44.4 Å². The van der Waals surface area contributed by atoms with Crippen LogP contribution >= 0.6 is 0 Å². The van der Waals surface area contributed by atoms with Crippen molar-refractivity contribution in [3.8, 4) is 0 Å². The first-order chi connectivity index (χ1) is 11.2. The number of nitrogens with one attached hydrogen (secondary N) is 2. The van der Waals surface area contributed by atoms with Gasteiger partial charge in [-0.05, 0) is 56.9 Å². The third kappa shape index (κ3) is 4.33. The van der Waals surface area contributed by atoms with Gasteiger partial charge < -0.3 is 10.6 Å². The minimum Gasteiger partial charge on any atom is -0.352 e. The fraction of sp³-hybridized carbons (Fsp3) is 0.632. The number of piperidine rings is 1. The quantitative estimate of drug-likeness (QED) is 0.876. The Kier molecular flexibility index (Phi) is 5.34. The van der Waals surface area contributed by atoms with Crippen LogP contribution in [0.2, 0.25) is 0 Å². The van der Waals surface area contributed by atoms with Gasteiger partial charge in [-0.2, -0.15) is 0 Å². The second-order valence-corrected chi connectivity index (χ2v) is 7.32. The summed E-state index contributed by atoms with van der Waals surface area (Å²) < 4.78 is 0. The Morgan fingerprint density at radius 2 is 1.87 bits per heavy atom. The lowest BCUT2D eigenvalue weighted by Crippen LogP contribution is -2.40. The number of nitrogens with zero attached hydrogens (tertiary/aromatic N) is 1. The van der Waals surface area contributed by atoms with Crippen molar-refractivity contribution in [3.05, 3.63) is 35.4 Å². The molecule has 1 unspecified atom stereocenters. The molecule has 2 heterocycles. The third-order valence-electron chi connectivity index (χ3n) is 5.25. The molecule has 1 aromatic rings. The first-order valence-corrected chi connectivity index (χ1v) is 8.95. The Labute approximate surface area is 139 Å². The van der Waals surface area contributed by atoms with Gasteiger partial charge in [0.05, 0.1) is 5.41 Å². The molecule has 4 nitrogen and oxygen atoms in total. The molecule has 0 spiro atoms. The summed E-state index contributed by atoms with van der Waals surface area (Å²) in [5, 5.41) is 6.37. The van der Waals surface area contributed by atoms with Gasteiger partial charge in [-0.25, -0.2) is 0 Å². The molecule has 2 fully saturated rings. The van der Waals surface area contributed by atoms with Gasteiger partial charge in [0.1, 0.15) is 0 Å². The van der Waals surface area contributed by atoms with Gasteiger partial charge in [-0.15, -0.1) is 0 Å². The Morgan fingerprint density at radius 1 is 1.17 bits per heavy atom. The molecule has 23 heavy (non-hydrogen) atoms. The maximum atomic E-state index is 12.3. The van der Waals surface area contributed by atoms with Crippen LogP contribution in [-0.4, -0.2) is 37.0 Å². The average Bonchev–Trinajstić information content (AvgIpc) is 3.03. The Morgan fingerprint density at radius 3 is 2.52 bits per heavy atom. The van der Waals surface area contributed by atoms with Crippen molar-refractivity contribution in [3.63, 3.8) is 0 Å². The number of carbonyl (C=O) groups is 1. The standard InChI is InChI=1S/C19H29N3O/c1-19(9-10-20-15-19)18(23)21-13-16-5-7-17(8-6-16)14-22-11-3-2-4-12-22/h5-8,20H,2-4,9-15H2,1H3,(H,21,23). The van der Waals surface area contributed by atoms with Crippen LogP contribution in [0.1, 0.15) is 43.7 Å². The number of amides is 1. The molecule has 2 N–H and O–H groups in total. The van der Waals surface area contributed by atoms with E-state index >= 15 is 0 Å². The Balaban J connectivity index is 1.48. The van der Waals surface area contributed by atoms with Gasteiger partial charge in [-0.1, -0.05) is 30.7 Å². The number of rotatable bonds is 5. The summed E-state index contributed by atoms with van der Waals surface area (Å²) in [7, 11) is 0. The fourth-order valence-electron chi connectivity index (χ4n) is 3.54. The molecule has 1 aromatic carbocycles. The van der Waals surface area contributed by atoms with E-state index in [-0.39, 0.29) is 11.3 Å². The number of hydrogen-bond acceptors (Lipinski definition) is 3. The summed E-state index contributed by atoms with van der Waals surface area (Å²) in [6, 6.07) is 8.70. The Hall–Kier alpha value is -1.39. The molecule has 126 valence electrons. The van der Waals surface area contributed by atoms with E-state index in [4.69, 9.17) is 0 Å². The smallest absolute Gasteiger partial charge is 0.227 e. The van der Waals surface area contributed by atoms with Crippen LogP contribution in [0.25, 0.3) is 0 Å². The monoisotopic (exact) mass is 315 g/mol. The van der Waals surface area contributed by atoms with Crippen LogP contribution in [0.3, 0.4) is 0 Å². The van der Waals surface area contributed by atoms with E-state index in [1.165, 1.54) is 43.5 Å². The van der Waals surface area contributed by atoms with Gasteiger partial charge in [0.15, 0.2) is 0 Å². The van der Waals surface area contributed by atoms with E-state index < -0.39 is 0 Å². The van der Waals surface area contributed by atoms with Crippen molar-refractivity contribution >= 4 is 5.91 Å². The zero-order valence-corrected chi connectivity index (χ0v) is 14.2. The molecule has 0 aliphatic carbocycles. The molecule has 2 aliphatic rings. The van der Waals surface area contributed by atoms with Crippen molar-refractivity contribution in [2.24, 2.45) is 5.41 Å². The number of likely N-dealkylation sites (tertiary alicyclic amines) is 1. The highest BCUT2D eigenvalue weighted by molar-refractivity contribution is 5.82. The molecule has 2 saturated heterocycles. The van der Waals surface area contributed by atoms with Gasteiger partial charge in [0.25, 0.3) is 0 Å². The van der Waals surface area contributed by atoms with Gasteiger partial charge in [0, 0.05) is 19.6 Å². The minimum atomic E-state index is -0.242. The Bertz CT molecular complexity index is 514. The maximum absolute atomic E-state index is 12.3. The maximum Gasteiger partial charge on any atom is 0.227 e. The summed E-state index contributed by atoms with van der Waals surface area (Å²) in [4.78, 5) is 14.8. The predicted molar refractivity (Wildman–Crippen MR) is 93.0 cm³/mol. The normalized spacial score (nSPS) is 25.4. The number of hydrogen-bond donors (Lipinski definition) is 2.